The molecule has 0 bridgehead atoms. The van der Waals surface area contributed by atoms with Crippen molar-refractivity contribution >= 4 is 20.9 Å². The SMILES string of the molecule is Cc1cnc2c(S(=O)(=O)N(C)C[C@@H]3CCc4nccn4C3)cccc2c1. The summed E-state index contributed by atoms with van der Waals surface area (Å²) in [4.78, 5) is 8.99. The second-order valence-corrected chi connectivity index (χ2v) is 9.04. The highest BCUT2D eigenvalue weighted by Crippen LogP contribution is 2.26. The molecule has 7 heteroatoms. The predicted molar refractivity (Wildman–Crippen MR) is 100 cm³/mol. The zero-order valence-electron chi connectivity index (χ0n) is 15.0. The van der Waals surface area contributed by atoms with Gasteiger partial charge < -0.3 is 4.57 Å². The monoisotopic (exact) mass is 370 g/mol. The Balaban J connectivity index is 1.61. The van der Waals surface area contributed by atoms with E-state index in [1.807, 2.05) is 31.5 Å². The molecule has 0 unspecified atom stereocenters. The molecule has 0 aliphatic carbocycles. The minimum Gasteiger partial charge on any atom is -0.335 e. The largest absolute Gasteiger partial charge is 0.335 e. The molecule has 0 N–H and O–H groups in total. The van der Waals surface area contributed by atoms with Gasteiger partial charge in [0.2, 0.25) is 10.0 Å². The number of rotatable bonds is 4. The van der Waals surface area contributed by atoms with Crippen LogP contribution in [-0.4, -0.2) is 40.9 Å². The predicted octanol–water partition coefficient (Wildman–Crippen LogP) is 2.62. The van der Waals surface area contributed by atoms with E-state index in [4.69, 9.17) is 0 Å². The van der Waals surface area contributed by atoms with Crippen molar-refractivity contribution < 1.29 is 8.42 Å². The summed E-state index contributed by atoms with van der Waals surface area (Å²) in [6, 6.07) is 7.28. The molecule has 1 aliphatic heterocycles. The molecule has 0 fully saturated rings. The molecule has 136 valence electrons. The molecule has 1 atom stereocenters. The number of sulfonamides is 1. The summed E-state index contributed by atoms with van der Waals surface area (Å²) in [5.41, 5.74) is 1.55. The maximum Gasteiger partial charge on any atom is 0.244 e. The van der Waals surface area contributed by atoms with Crippen molar-refractivity contribution in [2.45, 2.75) is 31.2 Å². The number of aromatic nitrogens is 3. The molecule has 26 heavy (non-hydrogen) atoms. The Hall–Kier alpha value is -2.25. The second-order valence-electron chi connectivity index (χ2n) is 7.03. The van der Waals surface area contributed by atoms with Gasteiger partial charge >= 0.3 is 0 Å². The smallest absolute Gasteiger partial charge is 0.244 e. The number of imidazole rings is 1. The maximum atomic E-state index is 13.2. The molecule has 1 aromatic carbocycles. The Morgan fingerprint density at radius 3 is 3.00 bits per heavy atom. The zero-order valence-corrected chi connectivity index (χ0v) is 15.8. The maximum absolute atomic E-state index is 13.2. The molecular formula is C19H22N4O2S. The van der Waals surface area contributed by atoms with Gasteiger partial charge in [-0.3, -0.25) is 4.98 Å². The number of hydrogen-bond donors (Lipinski definition) is 0. The lowest BCUT2D eigenvalue weighted by Gasteiger charge is -2.28. The minimum atomic E-state index is -3.60. The van der Waals surface area contributed by atoms with Gasteiger partial charge in [-0.05, 0) is 37.0 Å². The number of nitrogens with zero attached hydrogens (tertiary/aromatic N) is 4. The fourth-order valence-electron chi connectivity index (χ4n) is 3.67. The molecule has 0 radical (unpaired) electrons. The van der Waals surface area contributed by atoms with Crippen LogP contribution in [0.15, 0.2) is 47.8 Å². The highest BCUT2D eigenvalue weighted by molar-refractivity contribution is 7.89. The molecule has 0 saturated heterocycles. The van der Waals surface area contributed by atoms with Crippen molar-refractivity contribution in [2.75, 3.05) is 13.6 Å². The second kappa shape index (κ2) is 6.48. The van der Waals surface area contributed by atoms with Crippen LogP contribution in [0.1, 0.15) is 17.8 Å². The van der Waals surface area contributed by atoms with Gasteiger partial charge in [-0.1, -0.05) is 12.1 Å². The van der Waals surface area contributed by atoms with E-state index in [9.17, 15) is 8.42 Å². The molecule has 2 aromatic heterocycles. The first-order valence-electron chi connectivity index (χ1n) is 8.77. The minimum absolute atomic E-state index is 0.275. The molecule has 6 nitrogen and oxygen atoms in total. The van der Waals surface area contributed by atoms with E-state index in [1.165, 1.54) is 4.31 Å². The van der Waals surface area contributed by atoms with Gasteiger partial charge in [-0.15, -0.1) is 0 Å². The van der Waals surface area contributed by atoms with E-state index in [1.54, 1.807) is 25.4 Å². The molecule has 0 spiro atoms. The Labute approximate surface area is 153 Å². The number of pyridine rings is 1. The summed E-state index contributed by atoms with van der Waals surface area (Å²) in [5.74, 6) is 1.36. The zero-order chi connectivity index (χ0) is 18.3. The van der Waals surface area contributed by atoms with E-state index in [2.05, 4.69) is 14.5 Å². The van der Waals surface area contributed by atoms with E-state index in [-0.39, 0.29) is 10.8 Å². The van der Waals surface area contributed by atoms with Crippen LogP contribution in [0.4, 0.5) is 0 Å². The first-order valence-corrected chi connectivity index (χ1v) is 10.2. The van der Waals surface area contributed by atoms with Crippen molar-refractivity contribution in [1.82, 2.24) is 18.8 Å². The van der Waals surface area contributed by atoms with Crippen molar-refractivity contribution in [3.05, 3.63) is 54.2 Å². The lowest BCUT2D eigenvalue weighted by atomic mass is 10.00. The molecule has 1 aliphatic rings. The Morgan fingerprint density at radius 2 is 2.15 bits per heavy atom. The third kappa shape index (κ3) is 3.01. The summed E-state index contributed by atoms with van der Waals surface area (Å²) >= 11 is 0. The number of para-hydroxylation sites is 1. The summed E-state index contributed by atoms with van der Waals surface area (Å²) < 4.78 is 29.9. The molecule has 0 amide bonds. The standard InChI is InChI=1S/C19H22N4O2S/c1-14-10-16-4-3-5-17(19(16)21-11-14)26(24,25)22(2)12-15-6-7-18-20-8-9-23(18)13-15/h3-5,8-11,15H,6-7,12-13H2,1-2H3/t15-/m0/s1. The molecule has 3 aromatic rings. The lowest BCUT2D eigenvalue weighted by Crippen LogP contribution is -2.35. The van der Waals surface area contributed by atoms with E-state index in [0.717, 1.165) is 36.2 Å². The molecular weight excluding hydrogens is 348 g/mol. The lowest BCUT2D eigenvalue weighted by molar-refractivity contribution is 0.303. The van der Waals surface area contributed by atoms with Crippen LogP contribution < -0.4 is 0 Å². The molecule has 4 rings (SSSR count). The van der Waals surface area contributed by atoms with E-state index in [0.29, 0.717) is 12.1 Å². The van der Waals surface area contributed by atoms with Gasteiger partial charge in [0.15, 0.2) is 0 Å². The number of hydrogen-bond acceptors (Lipinski definition) is 4. The topological polar surface area (TPSA) is 68.1 Å². The third-order valence-electron chi connectivity index (χ3n) is 5.05. The molecule has 3 heterocycles. The van der Waals surface area contributed by atoms with E-state index < -0.39 is 10.0 Å². The summed E-state index contributed by atoms with van der Waals surface area (Å²) in [7, 11) is -1.94. The number of benzene rings is 1. The quantitative estimate of drug-likeness (QED) is 0.708. The van der Waals surface area contributed by atoms with Crippen molar-refractivity contribution in [1.29, 1.82) is 0 Å². The average Bonchev–Trinajstić information content (AvgIpc) is 3.08. The van der Waals surface area contributed by atoms with Crippen LogP contribution in [0.5, 0.6) is 0 Å². The van der Waals surface area contributed by atoms with Gasteiger partial charge in [-0.2, -0.15) is 0 Å². The van der Waals surface area contributed by atoms with Gasteiger partial charge in [0.1, 0.15) is 10.7 Å². The van der Waals surface area contributed by atoms with Crippen LogP contribution >= 0.6 is 0 Å². The van der Waals surface area contributed by atoms with Gasteiger partial charge in [0, 0.05) is 50.5 Å². The fourth-order valence-corrected chi connectivity index (χ4v) is 5.08. The van der Waals surface area contributed by atoms with Gasteiger partial charge in [0.25, 0.3) is 0 Å². The van der Waals surface area contributed by atoms with Crippen LogP contribution in [0.2, 0.25) is 0 Å². The summed E-state index contributed by atoms with van der Waals surface area (Å²) in [5, 5.41) is 0.847. The highest BCUT2D eigenvalue weighted by atomic mass is 32.2. The van der Waals surface area contributed by atoms with Gasteiger partial charge in [0.05, 0.1) is 5.52 Å². The van der Waals surface area contributed by atoms with Crippen LogP contribution in [0, 0.1) is 12.8 Å². The van der Waals surface area contributed by atoms with Crippen LogP contribution in [0.3, 0.4) is 0 Å². The molecule has 0 saturated carbocycles. The Kier molecular flexibility index (Phi) is 4.28. The van der Waals surface area contributed by atoms with Gasteiger partial charge in [-0.25, -0.2) is 17.7 Å². The fraction of sp³-hybridized carbons (Fsp3) is 0.368. The van der Waals surface area contributed by atoms with Crippen molar-refractivity contribution in [3.8, 4) is 0 Å². The Bertz CT molecular complexity index is 1060. The number of fused-ring (bicyclic) bond motifs is 2. The normalized spacial score (nSPS) is 17.6. The third-order valence-corrected chi connectivity index (χ3v) is 6.90. The van der Waals surface area contributed by atoms with E-state index >= 15 is 0 Å². The number of aryl methyl sites for hydroxylation is 2. The van der Waals surface area contributed by atoms with Crippen LogP contribution in [-0.2, 0) is 23.0 Å². The van der Waals surface area contributed by atoms with Crippen molar-refractivity contribution in [3.63, 3.8) is 0 Å². The summed E-state index contributed by atoms with van der Waals surface area (Å²) in [6.07, 6.45) is 7.32. The highest BCUT2D eigenvalue weighted by Gasteiger charge is 2.28. The average molecular weight is 370 g/mol. The summed E-state index contributed by atoms with van der Waals surface area (Å²) in [6.45, 7) is 3.25. The Morgan fingerprint density at radius 1 is 1.31 bits per heavy atom. The van der Waals surface area contributed by atoms with Crippen molar-refractivity contribution in [2.24, 2.45) is 5.92 Å². The van der Waals surface area contributed by atoms with Crippen LogP contribution in [0.25, 0.3) is 10.9 Å². The first kappa shape index (κ1) is 17.2. The first-order chi connectivity index (χ1) is 12.4.